The van der Waals surface area contributed by atoms with Crippen LogP contribution in [-0.2, 0) is 0 Å². The van der Waals surface area contributed by atoms with Gasteiger partial charge < -0.3 is 0 Å². The summed E-state index contributed by atoms with van der Waals surface area (Å²) in [5.41, 5.74) is 3.76. The molecule has 2 nitrogen and oxygen atoms in total. The molecule has 0 saturated carbocycles. The summed E-state index contributed by atoms with van der Waals surface area (Å²) in [6.45, 7) is 1.84. The van der Waals surface area contributed by atoms with E-state index in [4.69, 9.17) is 17.4 Å². The van der Waals surface area contributed by atoms with E-state index in [1.165, 1.54) is 12.1 Å². The van der Waals surface area contributed by atoms with Gasteiger partial charge in [0.05, 0.1) is 10.5 Å². The van der Waals surface area contributed by atoms with Gasteiger partial charge in [-0.25, -0.2) is 14.2 Å². The third-order valence-corrected chi connectivity index (χ3v) is 3.76. The van der Waals surface area contributed by atoms with Crippen LogP contribution in [0.1, 0.15) is 22.7 Å². The Morgan fingerprint density at radius 1 is 1.25 bits per heavy atom. The lowest BCUT2D eigenvalue weighted by Crippen LogP contribution is -2.30. The van der Waals surface area contributed by atoms with Gasteiger partial charge in [-0.15, -0.1) is 0 Å². The number of hydrazine groups is 1. The lowest BCUT2D eigenvalue weighted by Gasteiger charge is -2.19. The van der Waals surface area contributed by atoms with Gasteiger partial charge in [-0.1, -0.05) is 17.7 Å². The Morgan fingerprint density at radius 2 is 1.95 bits per heavy atom. The quantitative estimate of drug-likeness (QED) is 0.487. The molecule has 0 saturated heterocycles. The van der Waals surface area contributed by atoms with Crippen molar-refractivity contribution in [2.45, 2.75) is 13.0 Å². The van der Waals surface area contributed by atoms with Gasteiger partial charge >= 0.3 is 0 Å². The first-order valence-electron chi connectivity index (χ1n) is 5.80. The summed E-state index contributed by atoms with van der Waals surface area (Å²) in [6, 6.07) is 6.82. The molecule has 2 aromatic carbocycles. The lowest BCUT2D eigenvalue weighted by molar-refractivity contribution is 0.507. The van der Waals surface area contributed by atoms with Crippen molar-refractivity contribution in [3.05, 3.63) is 68.2 Å². The van der Waals surface area contributed by atoms with Crippen LogP contribution in [0.2, 0.25) is 5.02 Å². The van der Waals surface area contributed by atoms with Crippen LogP contribution in [0, 0.1) is 18.6 Å². The van der Waals surface area contributed by atoms with E-state index in [2.05, 4.69) is 21.4 Å². The molecule has 0 amide bonds. The third kappa shape index (κ3) is 3.01. The number of nitrogens with one attached hydrogen (secondary N) is 1. The van der Waals surface area contributed by atoms with E-state index >= 15 is 0 Å². The zero-order chi connectivity index (χ0) is 14.9. The Labute approximate surface area is 129 Å². The largest absolute Gasteiger partial charge is 0.271 e. The normalized spacial score (nSPS) is 12.5. The van der Waals surface area contributed by atoms with Gasteiger partial charge in [-0.3, -0.25) is 5.84 Å². The molecule has 0 bridgehead atoms. The zero-order valence-electron chi connectivity index (χ0n) is 10.6. The van der Waals surface area contributed by atoms with Crippen LogP contribution in [0.4, 0.5) is 8.78 Å². The van der Waals surface area contributed by atoms with Crippen LogP contribution in [0.25, 0.3) is 0 Å². The maximum atomic E-state index is 14.2. The van der Waals surface area contributed by atoms with Crippen molar-refractivity contribution >= 4 is 27.5 Å². The molecular weight excluding hydrogens is 350 g/mol. The van der Waals surface area contributed by atoms with Crippen molar-refractivity contribution in [2.75, 3.05) is 0 Å². The highest BCUT2D eigenvalue weighted by molar-refractivity contribution is 9.10. The van der Waals surface area contributed by atoms with E-state index in [9.17, 15) is 8.78 Å². The monoisotopic (exact) mass is 360 g/mol. The summed E-state index contributed by atoms with van der Waals surface area (Å²) in [5, 5.41) is 0.482. The molecule has 106 valence electrons. The molecule has 0 radical (unpaired) electrons. The molecule has 20 heavy (non-hydrogen) atoms. The molecule has 0 aliphatic carbocycles. The topological polar surface area (TPSA) is 38.0 Å². The number of hydrogen-bond donors (Lipinski definition) is 2. The zero-order valence-corrected chi connectivity index (χ0v) is 12.9. The number of nitrogens with two attached hydrogens (primary N) is 1. The molecule has 0 spiro atoms. The molecule has 0 aliphatic rings. The first kappa shape index (κ1) is 15.4. The van der Waals surface area contributed by atoms with Crippen molar-refractivity contribution in [3.8, 4) is 0 Å². The van der Waals surface area contributed by atoms with Crippen LogP contribution in [0.3, 0.4) is 0 Å². The lowest BCUT2D eigenvalue weighted by atomic mass is 9.97. The Kier molecular flexibility index (Phi) is 4.75. The Balaban J connectivity index is 2.61. The van der Waals surface area contributed by atoms with Crippen LogP contribution >= 0.6 is 27.5 Å². The first-order valence-corrected chi connectivity index (χ1v) is 6.97. The minimum absolute atomic E-state index is 0.149. The van der Waals surface area contributed by atoms with Crippen molar-refractivity contribution in [1.29, 1.82) is 0 Å². The average Bonchev–Trinajstić information content (AvgIpc) is 2.38. The van der Waals surface area contributed by atoms with Crippen LogP contribution in [-0.4, -0.2) is 0 Å². The molecule has 1 unspecified atom stereocenters. The fourth-order valence-electron chi connectivity index (χ4n) is 2.08. The molecule has 2 rings (SSSR count). The average molecular weight is 362 g/mol. The highest BCUT2D eigenvalue weighted by atomic mass is 79.9. The molecule has 0 heterocycles. The number of aryl methyl sites for hydroxylation is 1. The Hall–Kier alpha value is -1.01. The maximum absolute atomic E-state index is 14.2. The number of benzene rings is 2. The summed E-state index contributed by atoms with van der Waals surface area (Å²) in [4.78, 5) is 0. The number of halogens is 4. The number of hydrogen-bond acceptors (Lipinski definition) is 2. The number of rotatable bonds is 3. The van der Waals surface area contributed by atoms with Crippen molar-refractivity contribution < 1.29 is 8.78 Å². The molecular formula is C14H12BrClF2N2. The first-order chi connectivity index (χ1) is 9.43. The van der Waals surface area contributed by atoms with Crippen molar-refractivity contribution in [2.24, 2.45) is 5.84 Å². The maximum Gasteiger partial charge on any atom is 0.145 e. The predicted octanol–water partition coefficient (Wildman–Crippen LogP) is 4.24. The minimum Gasteiger partial charge on any atom is -0.271 e. The van der Waals surface area contributed by atoms with E-state index in [0.717, 1.165) is 5.56 Å². The van der Waals surface area contributed by atoms with Crippen molar-refractivity contribution in [1.82, 2.24) is 5.43 Å². The van der Waals surface area contributed by atoms with Gasteiger partial charge in [0, 0.05) is 10.6 Å². The fourth-order valence-corrected chi connectivity index (χ4v) is 2.73. The van der Waals surface area contributed by atoms with Crippen molar-refractivity contribution in [3.63, 3.8) is 0 Å². The van der Waals surface area contributed by atoms with E-state index in [1.807, 2.05) is 6.92 Å². The molecule has 6 heteroatoms. The van der Waals surface area contributed by atoms with Gasteiger partial charge in [-0.05, 0) is 58.2 Å². The SMILES string of the molecule is Cc1cc(Cl)cc(C(NN)c2c(F)ccc(Br)c2F)c1. The van der Waals surface area contributed by atoms with E-state index in [0.29, 0.717) is 10.6 Å². The molecule has 0 aromatic heterocycles. The summed E-state index contributed by atoms with van der Waals surface area (Å²) in [6.07, 6.45) is 0. The molecule has 3 N–H and O–H groups in total. The van der Waals surface area contributed by atoms with Crippen LogP contribution < -0.4 is 11.3 Å². The van der Waals surface area contributed by atoms with Gasteiger partial charge in [0.1, 0.15) is 11.6 Å². The molecule has 2 aromatic rings. The molecule has 0 aliphatic heterocycles. The third-order valence-electron chi connectivity index (χ3n) is 2.93. The van der Waals surface area contributed by atoms with Crippen LogP contribution in [0.5, 0.6) is 0 Å². The van der Waals surface area contributed by atoms with E-state index in [-0.39, 0.29) is 10.0 Å². The standard InChI is InChI=1S/C14H12BrClF2N2/c1-7-4-8(6-9(16)5-7)14(20-19)12-11(17)3-2-10(15)13(12)18/h2-6,14,20H,19H2,1H3. The molecule has 1 atom stereocenters. The summed E-state index contributed by atoms with van der Waals surface area (Å²) in [5.74, 6) is 4.12. The van der Waals surface area contributed by atoms with Gasteiger partial charge in [0.15, 0.2) is 0 Å². The van der Waals surface area contributed by atoms with Gasteiger partial charge in [-0.2, -0.15) is 0 Å². The second-order valence-electron chi connectivity index (χ2n) is 4.42. The highest BCUT2D eigenvalue weighted by Gasteiger charge is 2.23. The Bertz CT molecular complexity index is 629. The second kappa shape index (κ2) is 6.18. The van der Waals surface area contributed by atoms with Gasteiger partial charge in [0.25, 0.3) is 0 Å². The summed E-state index contributed by atoms with van der Waals surface area (Å²) >= 11 is 9.03. The van der Waals surface area contributed by atoms with E-state index in [1.54, 1.807) is 18.2 Å². The second-order valence-corrected chi connectivity index (χ2v) is 5.71. The fraction of sp³-hybridized carbons (Fsp3) is 0.143. The molecule has 0 fully saturated rings. The predicted molar refractivity (Wildman–Crippen MR) is 79.4 cm³/mol. The summed E-state index contributed by atoms with van der Waals surface area (Å²) < 4.78 is 28.3. The minimum atomic E-state index is -0.829. The van der Waals surface area contributed by atoms with E-state index < -0.39 is 17.7 Å². The van der Waals surface area contributed by atoms with Gasteiger partial charge in [0.2, 0.25) is 0 Å². The Morgan fingerprint density at radius 3 is 2.55 bits per heavy atom. The highest BCUT2D eigenvalue weighted by Crippen LogP contribution is 2.31. The summed E-state index contributed by atoms with van der Waals surface area (Å²) in [7, 11) is 0. The van der Waals surface area contributed by atoms with Crippen LogP contribution in [0.15, 0.2) is 34.8 Å². The smallest absolute Gasteiger partial charge is 0.145 e.